The zero-order valence-corrected chi connectivity index (χ0v) is 16.5. The monoisotopic (exact) mass is 450 g/mol. The number of hydrogen-bond acceptors (Lipinski definition) is 3. The number of carbonyl (C=O) groups excluding carboxylic acids is 1. The molecule has 2 aliphatic rings. The van der Waals surface area contributed by atoms with Crippen LogP contribution >= 0.6 is 22.6 Å². The van der Waals surface area contributed by atoms with Crippen LogP contribution in [0.5, 0.6) is 0 Å². The zero-order chi connectivity index (χ0) is 17.2. The van der Waals surface area contributed by atoms with Gasteiger partial charge in [0.1, 0.15) is 11.6 Å². The summed E-state index contributed by atoms with van der Waals surface area (Å²) in [6.45, 7) is 2.61. The molecule has 5 nitrogen and oxygen atoms in total. The summed E-state index contributed by atoms with van der Waals surface area (Å²) in [5.41, 5.74) is 0.809. The van der Waals surface area contributed by atoms with Gasteiger partial charge in [0.25, 0.3) is 5.91 Å². The fraction of sp³-hybridized carbons (Fsp3) is 0.526. The third-order valence-corrected chi connectivity index (χ3v) is 6.26. The third kappa shape index (κ3) is 3.45. The maximum absolute atomic E-state index is 13.0. The Morgan fingerprint density at radius 1 is 1.08 bits per heavy atom. The molecular weight excluding hydrogens is 427 g/mol. The molecule has 1 saturated heterocycles. The molecule has 1 atom stereocenters. The third-order valence-electron chi connectivity index (χ3n) is 5.32. The van der Waals surface area contributed by atoms with Gasteiger partial charge >= 0.3 is 0 Å². The van der Waals surface area contributed by atoms with E-state index in [1.807, 2.05) is 29.2 Å². The van der Waals surface area contributed by atoms with Crippen molar-refractivity contribution in [2.75, 3.05) is 13.1 Å². The van der Waals surface area contributed by atoms with Gasteiger partial charge in [0.15, 0.2) is 0 Å². The SMILES string of the molecule is O=C(c1ccccc1I)N1CCC[C@@H](c2nnc3n2CCCCC3)C1. The van der Waals surface area contributed by atoms with Gasteiger partial charge in [-0.15, -0.1) is 10.2 Å². The van der Waals surface area contributed by atoms with E-state index in [4.69, 9.17) is 0 Å². The van der Waals surface area contributed by atoms with Gasteiger partial charge in [-0.2, -0.15) is 0 Å². The topological polar surface area (TPSA) is 51.0 Å². The van der Waals surface area contributed by atoms with Crippen LogP contribution in [-0.2, 0) is 13.0 Å². The molecule has 6 heteroatoms. The lowest BCUT2D eigenvalue weighted by molar-refractivity contribution is 0.0702. The van der Waals surface area contributed by atoms with Crippen molar-refractivity contribution in [1.82, 2.24) is 19.7 Å². The molecule has 1 aromatic heterocycles. The molecule has 0 bridgehead atoms. The van der Waals surface area contributed by atoms with Gasteiger partial charge in [-0.1, -0.05) is 18.6 Å². The largest absolute Gasteiger partial charge is 0.338 e. The first-order valence-electron chi connectivity index (χ1n) is 9.20. The van der Waals surface area contributed by atoms with Gasteiger partial charge in [0.2, 0.25) is 0 Å². The van der Waals surface area contributed by atoms with Crippen molar-refractivity contribution in [3.8, 4) is 0 Å². The second-order valence-electron chi connectivity index (χ2n) is 7.01. The predicted octanol–water partition coefficient (Wildman–Crippen LogP) is 3.63. The van der Waals surface area contributed by atoms with Gasteiger partial charge in [-0.25, -0.2) is 0 Å². The fourth-order valence-electron chi connectivity index (χ4n) is 3.99. The minimum atomic E-state index is 0.144. The molecule has 1 fully saturated rings. The van der Waals surface area contributed by atoms with E-state index in [9.17, 15) is 4.79 Å². The van der Waals surface area contributed by atoms with Crippen LogP contribution in [0.15, 0.2) is 24.3 Å². The number of rotatable bonds is 2. The smallest absolute Gasteiger partial charge is 0.254 e. The predicted molar refractivity (Wildman–Crippen MR) is 105 cm³/mol. The molecule has 2 aliphatic heterocycles. The van der Waals surface area contributed by atoms with Gasteiger partial charge in [-0.05, 0) is 60.4 Å². The summed E-state index contributed by atoms with van der Waals surface area (Å²) in [6, 6.07) is 7.84. The van der Waals surface area contributed by atoms with Crippen LogP contribution in [0.2, 0.25) is 0 Å². The first-order chi connectivity index (χ1) is 12.2. The van der Waals surface area contributed by atoms with Crippen LogP contribution in [0.4, 0.5) is 0 Å². The Bertz CT molecular complexity index is 773. The van der Waals surface area contributed by atoms with Crippen molar-refractivity contribution in [2.45, 2.75) is 51.0 Å². The number of carbonyl (C=O) groups is 1. The highest BCUT2D eigenvalue weighted by atomic mass is 127. The fourth-order valence-corrected chi connectivity index (χ4v) is 4.61. The molecule has 25 heavy (non-hydrogen) atoms. The molecule has 1 amide bonds. The number of halogens is 1. The van der Waals surface area contributed by atoms with Crippen LogP contribution in [0, 0.1) is 3.57 Å². The molecule has 1 aromatic carbocycles. The average Bonchev–Trinajstić information content (AvgIpc) is 2.90. The van der Waals surface area contributed by atoms with E-state index >= 15 is 0 Å². The zero-order valence-electron chi connectivity index (χ0n) is 14.3. The molecule has 0 radical (unpaired) electrons. The van der Waals surface area contributed by atoms with Crippen molar-refractivity contribution in [2.24, 2.45) is 0 Å². The van der Waals surface area contributed by atoms with Crippen LogP contribution in [0.3, 0.4) is 0 Å². The number of piperidine rings is 1. The van der Waals surface area contributed by atoms with Crippen molar-refractivity contribution in [1.29, 1.82) is 0 Å². The van der Waals surface area contributed by atoms with E-state index in [1.165, 1.54) is 19.3 Å². The van der Waals surface area contributed by atoms with E-state index in [0.29, 0.717) is 5.92 Å². The number of nitrogens with zero attached hydrogens (tertiary/aromatic N) is 4. The molecule has 3 heterocycles. The standard InChI is InChI=1S/C19H23IN4O/c20-16-9-4-3-8-15(16)19(25)23-11-6-7-14(13-23)18-22-21-17-10-2-1-5-12-24(17)18/h3-4,8-9,14H,1-2,5-7,10-13H2/t14-/m1/s1. The number of amides is 1. The molecule has 2 aromatic rings. The highest BCUT2D eigenvalue weighted by Crippen LogP contribution is 2.29. The van der Waals surface area contributed by atoms with Crippen molar-refractivity contribution in [3.05, 3.63) is 45.0 Å². The van der Waals surface area contributed by atoms with E-state index in [2.05, 4.69) is 37.4 Å². The van der Waals surface area contributed by atoms with Crippen molar-refractivity contribution >= 4 is 28.5 Å². The molecule has 132 valence electrons. The van der Waals surface area contributed by atoms with Crippen LogP contribution < -0.4 is 0 Å². The summed E-state index contributed by atoms with van der Waals surface area (Å²) in [4.78, 5) is 15.0. The molecule has 0 saturated carbocycles. The molecule has 0 unspecified atom stereocenters. The van der Waals surface area contributed by atoms with Gasteiger partial charge in [0.05, 0.1) is 5.56 Å². The number of benzene rings is 1. The number of aromatic nitrogens is 3. The summed E-state index contributed by atoms with van der Waals surface area (Å²) >= 11 is 2.25. The van der Waals surface area contributed by atoms with Crippen LogP contribution in [0.25, 0.3) is 0 Å². The summed E-state index contributed by atoms with van der Waals surface area (Å²) in [5.74, 6) is 2.68. The minimum Gasteiger partial charge on any atom is -0.338 e. The minimum absolute atomic E-state index is 0.144. The lowest BCUT2D eigenvalue weighted by atomic mass is 9.96. The highest BCUT2D eigenvalue weighted by Gasteiger charge is 2.30. The number of likely N-dealkylation sites (tertiary alicyclic amines) is 1. The van der Waals surface area contributed by atoms with E-state index in [0.717, 1.165) is 59.7 Å². The second kappa shape index (κ2) is 7.43. The summed E-state index contributed by atoms with van der Waals surface area (Å²) in [5, 5.41) is 8.96. The number of fused-ring (bicyclic) bond motifs is 1. The van der Waals surface area contributed by atoms with E-state index in [-0.39, 0.29) is 5.91 Å². The molecule has 0 aliphatic carbocycles. The lowest BCUT2D eigenvalue weighted by Gasteiger charge is -2.32. The number of hydrogen-bond donors (Lipinski definition) is 0. The van der Waals surface area contributed by atoms with E-state index in [1.54, 1.807) is 0 Å². The van der Waals surface area contributed by atoms with Crippen molar-refractivity contribution in [3.63, 3.8) is 0 Å². The Hall–Kier alpha value is -1.44. The molecule has 4 rings (SSSR count). The van der Waals surface area contributed by atoms with Gasteiger partial charge in [-0.3, -0.25) is 4.79 Å². The first kappa shape index (κ1) is 17.0. The van der Waals surface area contributed by atoms with Crippen molar-refractivity contribution < 1.29 is 4.79 Å². The maximum atomic E-state index is 13.0. The Kier molecular flexibility index (Phi) is 5.05. The molecule has 0 N–H and O–H groups in total. The van der Waals surface area contributed by atoms with Crippen LogP contribution in [-0.4, -0.2) is 38.7 Å². The summed E-state index contributed by atoms with van der Waals surface area (Å²) in [6.07, 6.45) is 6.83. The van der Waals surface area contributed by atoms with Crippen LogP contribution in [0.1, 0.15) is 60.0 Å². The quantitative estimate of drug-likeness (QED) is 0.657. The van der Waals surface area contributed by atoms with E-state index < -0.39 is 0 Å². The molecular formula is C19H23IN4O. The highest BCUT2D eigenvalue weighted by molar-refractivity contribution is 14.1. The second-order valence-corrected chi connectivity index (χ2v) is 8.17. The Balaban J connectivity index is 1.55. The summed E-state index contributed by atoms with van der Waals surface area (Å²) in [7, 11) is 0. The molecule has 0 spiro atoms. The maximum Gasteiger partial charge on any atom is 0.254 e. The Morgan fingerprint density at radius 2 is 1.96 bits per heavy atom. The lowest BCUT2D eigenvalue weighted by Crippen LogP contribution is -2.40. The number of aryl methyl sites for hydroxylation is 1. The summed E-state index contributed by atoms with van der Waals surface area (Å²) < 4.78 is 3.35. The van der Waals surface area contributed by atoms with Gasteiger partial charge < -0.3 is 9.47 Å². The normalized spacial score (nSPS) is 20.8. The van der Waals surface area contributed by atoms with Gasteiger partial charge in [0, 0.05) is 35.5 Å². The average molecular weight is 450 g/mol. The Morgan fingerprint density at radius 3 is 2.84 bits per heavy atom. The first-order valence-corrected chi connectivity index (χ1v) is 10.3. The Labute approximate surface area is 162 Å².